The molecule has 0 spiro atoms. The molecule has 0 saturated carbocycles. The highest BCUT2D eigenvalue weighted by Gasteiger charge is 2.33. The summed E-state index contributed by atoms with van der Waals surface area (Å²) in [6.45, 7) is 5.64. The lowest BCUT2D eigenvalue weighted by atomic mass is 10.3. The summed E-state index contributed by atoms with van der Waals surface area (Å²) in [5, 5.41) is -1.30. The number of hydrogen-bond donors (Lipinski definition) is 1. The van der Waals surface area contributed by atoms with Crippen molar-refractivity contribution < 1.29 is 17.6 Å². The minimum atomic E-state index is -4.01. The van der Waals surface area contributed by atoms with E-state index in [1.54, 1.807) is 13.8 Å². The zero-order valence-electron chi connectivity index (χ0n) is 11.8. The third-order valence-electron chi connectivity index (χ3n) is 3.17. The first-order chi connectivity index (χ1) is 9.25. The van der Waals surface area contributed by atoms with Gasteiger partial charge in [-0.3, -0.25) is 4.79 Å². The van der Waals surface area contributed by atoms with E-state index in [9.17, 15) is 17.6 Å². The second-order valence-corrected chi connectivity index (χ2v) is 6.62. The van der Waals surface area contributed by atoms with E-state index in [1.165, 1.54) is 17.9 Å². The van der Waals surface area contributed by atoms with Crippen LogP contribution in [0.15, 0.2) is 23.1 Å². The summed E-state index contributed by atoms with van der Waals surface area (Å²) in [6.07, 6.45) is 0. The summed E-state index contributed by atoms with van der Waals surface area (Å²) < 4.78 is 38.0. The molecule has 1 atom stereocenters. The molecular formula is C13H19FN2O3S. The Morgan fingerprint density at radius 1 is 1.35 bits per heavy atom. The standard InChI is InChI=1S/C13H19FN2O3S/c1-4-16(5-2)13(17)9(3)20(18,19)12-8-10(14)6-7-11(12)15/h6-9H,4-5,15H2,1-3H3. The topological polar surface area (TPSA) is 80.5 Å². The predicted octanol–water partition coefficient (Wildman–Crippen LogP) is 1.44. The minimum Gasteiger partial charge on any atom is -0.398 e. The molecule has 112 valence electrons. The van der Waals surface area contributed by atoms with Crippen LogP contribution < -0.4 is 5.73 Å². The predicted molar refractivity (Wildman–Crippen MR) is 75.4 cm³/mol. The molecule has 5 nitrogen and oxygen atoms in total. The number of anilines is 1. The second-order valence-electron chi connectivity index (χ2n) is 4.38. The van der Waals surface area contributed by atoms with Crippen molar-refractivity contribution in [3.8, 4) is 0 Å². The number of amides is 1. The molecule has 1 aromatic rings. The monoisotopic (exact) mass is 302 g/mol. The second kappa shape index (κ2) is 6.21. The molecule has 0 fully saturated rings. The van der Waals surface area contributed by atoms with Crippen LogP contribution in [0.3, 0.4) is 0 Å². The van der Waals surface area contributed by atoms with Gasteiger partial charge in [0.05, 0.1) is 10.6 Å². The van der Waals surface area contributed by atoms with Crippen LogP contribution in [-0.4, -0.2) is 37.6 Å². The Morgan fingerprint density at radius 2 is 1.90 bits per heavy atom. The number of nitrogens with two attached hydrogens (primary N) is 1. The fourth-order valence-corrected chi connectivity index (χ4v) is 3.34. The normalized spacial score (nSPS) is 13.0. The van der Waals surface area contributed by atoms with E-state index in [1.807, 2.05) is 0 Å². The van der Waals surface area contributed by atoms with Crippen LogP contribution in [0.4, 0.5) is 10.1 Å². The van der Waals surface area contributed by atoms with Crippen LogP contribution in [0.25, 0.3) is 0 Å². The number of sulfone groups is 1. The van der Waals surface area contributed by atoms with Gasteiger partial charge in [-0.1, -0.05) is 0 Å². The van der Waals surface area contributed by atoms with Crippen molar-refractivity contribution in [3.63, 3.8) is 0 Å². The Morgan fingerprint density at radius 3 is 2.40 bits per heavy atom. The van der Waals surface area contributed by atoms with Crippen molar-refractivity contribution in [2.24, 2.45) is 0 Å². The zero-order chi connectivity index (χ0) is 15.5. The molecule has 2 N–H and O–H groups in total. The first-order valence-electron chi connectivity index (χ1n) is 6.33. The maximum absolute atomic E-state index is 13.2. The van der Waals surface area contributed by atoms with Crippen LogP contribution in [0.1, 0.15) is 20.8 Å². The van der Waals surface area contributed by atoms with Crippen LogP contribution in [0, 0.1) is 5.82 Å². The third-order valence-corrected chi connectivity index (χ3v) is 5.27. The molecular weight excluding hydrogens is 283 g/mol. The van der Waals surface area contributed by atoms with Crippen molar-refractivity contribution in [2.75, 3.05) is 18.8 Å². The summed E-state index contributed by atoms with van der Waals surface area (Å²) in [5.74, 6) is -1.22. The van der Waals surface area contributed by atoms with Crippen LogP contribution in [0.2, 0.25) is 0 Å². The lowest BCUT2D eigenvalue weighted by Crippen LogP contribution is -2.41. The molecule has 0 saturated heterocycles. The number of carbonyl (C=O) groups is 1. The Balaban J connectivity index is 3.22. The van der Waals surface area contributed by atoms with E-state index >= 15 is 0 Å². The molecule has 7 heteroatoms. The SMILES string of the molecule is CCN(CC)C(=O)C(C)S(=O)(=O)c1cc(F)ccc1N. The molecule has 1 amide bonds. The molecule has 1 unspecified atom stereocenters. The first kappa shape index (κ1) is 16.4. The first-order valence-corrected chi connectivity index (χ1v) is 7.88. The smallest absolute Gasteiger partial charge is 0.240 e. The Hall–Kier alpha value is -1.63. The third kappa shape index (κ3) is 3.09. The molecule has 0 radical (unpaired) electrons. The Labute approximate surface area is 118 Å². The number of carbonyl (C=O) groups excluding carboxylic acids is 1. The van der Waals surface area contributed by atoms with E-state index in [-0.39, 0.29) is 10.6 Å². The van der Waals surface area contributed by atoms with Gasteiger partial charge in [0.25, 0.3) is 0 Å². The highest BCUT2D eigenvalue weighted by Crippen LogP contribution is 2.24. The molecule has 1 aromatic carbocycles. The average molecular weight is 302 g/mol. The maximum atomic E-state index is 13.2. The van der Waals surface area contributed by atoms with E-state index in [0.717, 1.165) is 12.1 Å². The average Bonchev–Trinajstić information content (AvgIpc) is 2.41. The van der Waals surface area contributed by atoms with Gasteiger partial charge in [0.15, 0.2) is 9.84 Å². The van der Waals surface area contributed by atoms with Crippen molar-refractivity contribution >= 4 is 21.4 Å². The van der Waals surface area contributed by atoms with Crippen LogP contribution in [0.5, 0.6) is 0 Å². The zero-order valence-corrected chi connectivity index (χ0v) is 12.6. The molecule has 1 rings (SSSR count). The van der Waals surface area contributed by atoms with Crippen molar-refractivity contribution in [3.05, 3.63) is 24.0 Å². The molecule has 0 aromatic heterocycles. The van der Waals surface area contributed by atoms with Crippen molar-refractivity contribution in [2.45, 2.75) is 30.9 Å². The van der Waals surface area contributed by atoms with Gasteiger partial charge in [0.1, 0.15) is 11.1 Å². The number of hydrogen-bond acceptors (Lipinski definition) is 4. The largest absolute Gasteiger partial charge is 0.398 e. The van der Waals surface area contributed by atoms with Gasteiger partial charge in [0.2, 0.25) is 5.91 Å². The molecule has 0 bridgehead atoms. The lowest BCUT2D eigenvalue weighted by Gasteiger charge is -2.23. The lowest BCUT2D eigenvalue weighted by molar-refractivity contribution is -0.130. The van der Waals surface area contributed by atoms with E-state index < -0.39 is 26.8 Å². The summed E-state index contributed by atoms with van der Waals surface area (Å²) >= 11 is 0. The highest BCUT2D eigenvalue weighted by molar-refractivity contribution is 7.93. The number of halogens is 1. The van der Waals surface area contributed by atoms with Crippen molar-refractivity contribution in [1.82, 2.24) is 4.90 Å². The number of nitrogens with zero attached hydrogens (tertiary/aromatic N) is 1. The molecule has 0 aliphatic carbocycles. The van der Waals surface area contributed by atoms with Gasteiger partial charge in [-0.15, -0.1) is 0 Å². The summed E-state index contributed by atoms with van der Waals surface area (Å²) in [6, 6.07) is 3.10. The highest BCUT2D eigenvalue weighted by atomic mass is 32.2. The van der Waals surface area contributed by atoms with Gasteiger partial charge in [-0.25, -0.2) is 12.8 Å². The van der Waals surface area contributed by atoms with E-state index in [4.69, 9.17) is 5.73 Å². The quantitative estimate of drug-likeness (QED) is 0.835. The number of nitrogen functional groups attached to an aromatic ring is 1. The van der Waals surface area contributed by atoms with Gasteiger partial charge in [0, 0.05) is 13.1 Å². The molecule has 0 aliphatic heterocycles. The molecule has 0 heterocycles. The fraction of sp³-hybridized carbons (Fsp3) is 0.462. The van der Waals surface area contributed by atoms with Gasteiger partial charge < -0.3 is 10.6 Å². The fourth-order valence-electron chi connectivity index (χ4n) is 1.87. The maximum Gasteiger partial charge on any atom is 0.240 e. The summed E-state index contributed by atoms with van der Waals surface area (Å²) in [4.78, 5) is 13.2. The molecule has 0 aliphatic rings. The Bertz CT molecular complexity index is 598. The van der Waals surface area contributed by atoms with Crippen LogP contribution >= 0.6 is 0 Å². The Kier molecular flexibility index (Phi) is 5.10. The number of rotatable bonds is 5. The summed E-state index contributed by atoms with van der Waals surface area (Å²) in [5.41, 5.74) is 5.52. The van der Waals surface area contributed by atoms with Gasteiger partial charge >= 0.3 is 0 Å². The van der Waals surface area contributed by atoms with Crippen LogP contribution in [-0.2, 0) is 14.6 Å². The minimum absolute atomic E-state index is 0.0643. The van der Waals surface area contributed by atoms with E-state index in [2.05, 4.69) is 0 Å². The van der Waals surface area contributed by atoms with E-state index in [0.29, 0.717) is 13.1 Å². The molecule has 20 heavy (non-hydrogen) atoms. The van der Waals surface area contributed by atoms with Crippen molar-refractivity contribution in [1.29, 1.82) is 0 Å². The number of benzene rings is 1. The van der Waals surface area contributed by atoms with Gasteiger partial charge in [-0.2, -0.15) is 0 Å². The summed E-state index contributed by atoms with van der Waals surface area (Å²) in [7, 11) is -4.01. The van der Waals surface area contributed by atoms with Gasteiger partial charge in [-0.05, 0) is 39.0 Å².